The van der Waals surface area contributed by atoms with Gasteiger partial charge in [0.05, 0.1) is 10.4 Å². The summed E-state index contributed by atoms with van der Waals surface area (Å²) in [6.45, 7) is 0. The number of fused-ring (bicyclic) bond motifs is 1. The molecule has 0 bridgehead atoms. The number of carbonyl (C=O) groups excluding carboxylic acids is 1. The maximum atomic E-state index is 12.8. The number of hydrogen-bond acceptors (Lipinski definition) is 5. The number of anilines is 1. The highest BCUT2D eigenvalue weighted by Gasteiger charge is 2.25. The lowest BCUT2D eigenvalue weighted by Gasteiger charge is -2.19. The van der Waals surface area contributed by atoms with E-state index in [0.29, 0.717) is 5.69 Å². The summed E-state index contributed by atoms with van der Waals surface area (Å²) in [5.74, 6) is -1.28. The summed E-state index contributed by atoms with van der Waals surface area (Å²) in [5.41, 5.74) is -0.542. The first-order valence-electron chi connectivity index (χ1n) is 7.66. The summed E-state index contributed by atoms with van der Waals surface area (Å²) in [4.78, 5) is 37.1. The zero-order chi connectivity index (χ0) is 19.0. The third-order valence-corrected chi connectivity index (χ3v) is 4.22. The number of rotatable bonds is 3. The van der Waals surface area contributed by atoms with Crippen LogP contribution in [0.4, 0.5) is 11.4 Å². The number of aromatic nitrogens is 1. The molecule has 8 heteroatoms. The first-order chi connectivity index (χ1) is 12.3. The average Bonchev–Trinajstić information content (AvgIpc) is 2.65. The smallest absolute Gasteiger partial charge is 0.270 e. The van der Waals surface area contributed by atoms with Crippen LogP contribution in [0.25, 0.3) is 10.9 Å². The van der Waals surface area contributed by atoms with Crippen molar-refractivity contribution in [1.82, 2.24) is 4.57 Å². The van der Waals surface area contributed by atoms with Crippen LogP contribution in [0, 0.1) is 10.1 Å². The molecule has 0 aliphatic carbocycles. The molecule has 0 fully saturated rings. The number of aryl methyl sites for hydroxylation is 1. The molecule has 2 aromatic carbocycles. The summed E-state index contributed by atoms with van der Waals surface area (Å²) < 4.78 is 1.19. The monoisotopic (exact) mass is 353 g/mol. The van der Waals surface area contributed by atoms with Gasteiger partial charge in [0, 0.05) is 37.3 Å². The Morgan fingerprint density at radius 3 is 2.46 bits per heavy atom. The molecule has 132 valence electrons. The standard InChI is InChI=1S/C18H15N3O5/c1-19(11-6-4-3-5-7-11)17(23)15-16(22)13-10-12(21(25)26)8-9-14(13)20(2)18(15)24/h3-10,22H,1-2H3. The van der Waals surface area contributed by atoms with Crippen LogP contribution in [-0.2, 0) is 7.05 Å². The Hall–Kier alpha value is -3.68. The molecule has 1 aromatic heterocycles. The molecule has 0 radical (unpaired) electrons. The predicted octanol–water partition coefficient (Wildman–Crippen LogP) is 2.43. The van der Waals surface area contributed by atoms with Crippen LogP contribution in [0.2, 0.25) is 0 Å². The van der Waals surface area contributed by atoms with Crippen molar-refractivity contribution in [3.63, 3.8) is 0 Å². The summed E-state index contributed by atoms with van der Waals surface area (Å²) in [5, 5.41) is 21.6. The minimum absolute atomic E-state index is 0.0612. The Labute approximate surface area is 147 Å². The third kappa shape index (κ3) is 2.67. The van der Waals surface area contributed by atoms with Crippen LogP contribution in [0.5, 0.6) is 5.75 Å². The maximum absolute atomic E-state index is 12.8. The molecule has 1 heterocycles. The second-order valence-corrected chi connectivity index (χ2v) is 5.75. The number of hydrogen-bond donors (Lipinski definition) is 1. The van der Waals surface area contributed by atoms with Crippen LogP contribution < -0.4 is 10.5 Å². The van der Waals surface area contributed by atoms with Gasteiger partial charge in [-0.1, -0.05) is 18.2 Å². The summed E-state index contributed by atoms with van der Waals surface area (Å²) in [7, 11) is 2.92. The fraction of sp³-hybridized carbons (Fsp3) is 0.111. The molecule has 1 N–H and O–H groups in total. The van der Waals surface area contributed by atoms with Gasteiger partial charge in [-0.15, -0.1) is 0 Å². The Kier molecular flexibility index (Phi) is 4.17. The molecule has 1 amide bonds. The molecule has 3 aromatic rings. The SMILES string of the molecule is CN(C(=O)c1c(O)c2cc([N+](=O)[O-])ccc2n(C)c1=O)c1ccccc1. The second kappa shape index (κ2) is 6.32. The van der Waals surface area contributed by atoms with E-state index in [0.717, 1.165) is 6.07 Å². The molecular weight excluding hydrogens is 338 g/mol. The van der Waals surface area contributed by atoms with Gasteiger partial charge in [-0.25, -0.2) is 0 Å². The fourth-order valence-electron chi connectivity index (χ4n) is 2.76. The first kappa shape index (κ1) is 17.2. The predicted molar refractivity (Wildman–Crippen MR) is 96.7 cm³/mol. The summed E-state index contributed by atoms with van der Waals surface area (Å²) in [6, 6.07) is 12.4. The van der Waals surface area contributed by atoms with E-state index in [1.165, 1.54) is 35.7 Å². The molecule has 26 heavy (non-hydrogen) atoms. The second-order valence-electron chi connectivity index (χ2n) is 5.75. The number of non-ortho nitro benzene ring substituents is 1. The largest absolute Gasteiger partial charge is 0.506 e. The van der Waals surface area contributed by atoms with Crippen molar-refractivity contribution in [3.8, 4) is 5.75 Å². The molecule has 0 saturated carbocycles. The van der Waals surface area contributed by atoms with Gasteiger partial charge < -0.3 is 14.6 Å². The van der Waals surface area contributed by atoms with Crippen LogP contribution in [0.1, 0.15) is 10.4 Å². The van der Waals surface area contributed by atoms with Crippen LogP contribution in [0.3, 0.4) is 0 Å². The number of amides is 1. The molecule has 3 rings (SSSR count). The van der Waals surface area contributed by atoms with Gasteiger partial charge in [0.1, 0.15) is 11.3 Å². The van der Waals surface area contributed by atoms with Gasteiger partial charge in [-0.05, 0) is 18.2 Å². The molecular formula is C18H15N3O5. The molecule has 8 nitrogen and oxygen atoms in total. The first-order valence-corrected chi connectivity index (χ1v) is 7.66. The van der Waals surface area contributed by atoms with Gasteiger partial charge in [0.2, 0.25) is 0 Å². The molecule has 0 aliphatic heterocycles. The molecule has 0 unspecified atom stereocenters. The van der Waals surface area contributed by atoms with Crippen molar-refractivity contribution in [2.75, 3.05) is 11.9 Å². The normalized spacial score (nSPS) is 10.7. The molecule has 0 saturated heterocycles. The number of aromatic hydroxyl groups is 1. The van der Waals surface area contributed by atoms with Crippen molar-refractivity contribution in [2.24, 2.45) is 7.05 Å². The van der Waals surface area contributed by atoms with E-state index in [-0.39, 0.29) is 16.6 Å². The van der Waals surface area contributed by atoms with Gasteiger partial charge in [0.25, 0.3) is 17.2 Å². The van der Waals surface area contributed by atoms with Crippen molar-refractivity contribution in [2.45, 2.75) is 0 Å². The lowest BCUT2D eigenvalue weighted by molar-refractivity contribution is -0.384. The zero-order valence-electron chi connectivity index (χ0n) is 14.0. The molecule has 0 aliphatic rings. The third-order valence-electron chi connectivity index (χ3n) is 4.22. The van der Waals surface area contributed by atoms with E-state index in [9.17, 15) is 24.8 Å². The summed E-state index contributed by atoms with van der Waals surface area (Å²) >= 11 is 0. The van der Waals surface area contributed by atoms with Crippen molar-refractivity contribution in [1.29, 1.82) is 0 Å². The highest BCUT2D eigenvalue weighted by molar-refractivity contribution is 6.10. The minimum Gasteiger partial charge on any atom is -0.506 e. The Balaban J connectivity index is 2.24. The van der Waals surface area contributed by atoms with E-state index in [4.69, 9.17) is 0 Å². The van der Waals surface area contributed by atoms with E-state index < -0.39 is 27.7 Å². The number of carbonyl (C=O) groups is 1. The van der Waals surface area contributed by atoms with Crippen LogP contribution >= 0.6 is 0 Å². The number of para-hydroxylation sites is 1. The minimum atomic E-state index is -0.706. The number of benzene rings is 2. The highest BCUT2D eigenvalue weighted by Crippen LogP contribution is 2.30. The quantitative estimate of drug-likeness (QED) is 0.575. The zero-order valence-corrected chi connectivity index (χ0v) is 14.0. The lowest BCUT2D eigenvalue weighted by atomic mass is 10.1. The van der Waals surface area contributed by atoms with Gasteiger partial charge >= 0.3 is 0 Å². The summed E-state index contributed by atoms with van der Waals surface area (Å²) in [6.07, 6.45) is 0. The van der Waals surface area contributed by atoms with Crippen LogP contribution in [0.15, 0.2) is 53.3 Å². The Morgan fingerprint density at radius 2 is 1.85 bits per heavy atom. The fourth-order valence-corrected chi connectivity index (χ4v) is 2.76. The van der Waals surface area contributed by atoms with E-state index in [1.54, 1.807) is 30.3 Å². The number of nitro groups is 1. The number of nitrogens with zero attached hydrogens (tertiary/aromatic N) is 3. The van der Waals surface area contributed by atoms with E-state index in [2.05, 4.69) is 0 Å². The van der Waals surface area contributed by atoms with Gasteiger partial charge in [0.15, 0.2) is 0 Å². The molecule has 0 atom stereocenters. The van der Waals surface area contributed by atoms with Crippen molar-refractivity contribution >= 4 is 28.2 Å². The van der Waals surface area contributed by atoms with Gasteiger partial charge in [-0.2, -0.15) is 0 Å². The van der Waals surface area contributed by atoms with E-state index in [1.807, 2.05) is 0 Å². The topological polar surface area (TPSA) is 106 Å². The van der Waals surface area contributed by atoms with Crippen molar-refractivity contribution < 1.29 is 14.8 Å². The average molecular weight is 353 g/mol. The Morgan fingerprint density at radius 1 is 1.19 bits per heavy atom. The van der Waals surface area contributed by atoms with Crippen LogP contribution in [-0.4, -0.2) is 27.6 Å². The van der Waals surface area contributed by atoms with Crippen molar-refractivity contribution in [3.05, 3.63) is 74.6 Å². The van der Waals surface area contributed by atoms with Gasteiger partial charge in [-0.3, -0.25) is 19.7 Å². The lowest BCUT2D eigenvalue weighted by Crippen LogP contribution is -2.34. The maximum Gasteiger partial charge on any atom is 0.270 e. The highest BCUT2D eigenvalue weighted by atomic mass is 16.6. The Bertz CT molecular complexity index is 1090. The molecule has 0 spiro atoms. The van der Waals surface area contributed by atoms with E-state index >= 15 is 0 Å². The number of pyridine rings is 1. The number of nitro benzene ring substituents is 1.